The van der Waals surface area contributed by atoms with E-state index in [0.29, 0.717) is 15.6 Å². The monoisotopic (exact) mass is 643 g/mol. The molecule has 12 heteroatoms. The van der Waals surface area contributed by atoms with Crippen LogP contribution in [0.2, 0.25) is 20.1 Å². The van der Waals surface area contributed by atoms with Gasteiger partial charge in [0.05, 0.1) is 11.9 Å². The summed E-state index contributed by atoms with van der Waals surface area (Å²) in [5, 5.41) is 3.87. The van der Waals surface area contributed by atoms with Crippen molar-refractivity contribution >= 4 is 73.9 Å². The molecule has 0 heterocycles. The largest absolute Gasteiger partial charge is 0.352 e. The topological polar surface area (TPSA) is 86.8 Å². The van der Waals surface area contributed by atoms with E-state index in [-0.39, 0.29) is 34.7 Å². The highest BCUT2D eigenvalue weighted by molar-refractivity contribution is 7.92. The third-order valence-corrected chi connectivity index (χ3v) is 8.19. The van der Waals surface area contributed by atoms with Crippen LogP contribution in [-0.2, 0) is 32.6 Å². The second kappa shape index (κ2) is 13.9. The minimum Gasteiger partial charge on any atom is -0.352 e. The van der Waals surface area contributed by atoms with E-state index >= 15 is 0 Å². The Morgan fingerprint density at radius 3 is 1.98 bits per heavy atom. The lowest BCUT2D eigenvalue weighted by atomic mass is 10.0. The molecule has 1 N–H and O–H groups in total. The molecule has 0 saturated carbocycles. The quantitative estimate of drug-likeness (QED) is 0.268. The number of amides is 2. The summed E-state index contributed by atoms with van der Waals surface area (Å²) in [6, 6.07) is 17.1. The number of hydrogen-bond donors (Lipinski definition) is 1. The lowest BCUT2D eigenvalue weighted by Crippen LogP contribution is -2.54. The molecule has 2 amide bonds. The molecule has 214 valence electrons. The Morgan fingerprint density at radius 2 is 1.45 bits per heavy atom. The predicted molar refractivity (Wildman–Crippen MR) is 163 cm³/mol. The molecular weight excluding hydrogens is 616 g/mol. The molecule has 7 nitrogen and oxygen atoms in total. The van der Waals surface area contributed by atoms with Gasteiger partial charge in [-0.25, -0.2) is 8.42 Å². The summed E-state index contributed by atoms with van der Waals surface area (Å²) in [6.07, 6.45) is 1.13. The van der Waals surface area contributed by atoms with Gasteiger partial charge in [0.25, 0.3) is 0 Å². The van der Waals surface area contributed by atoms with E-state index in [1.165, 1.54) is 23.1 Å². The van der Waals surface area contributed by atoms with E-state index in [2.05, 4.69) is 5.32 Å². The molecule has 0 bridgehead atoms. The number of carbonyl (C=O) groups excluding carboxylic acids is 2. The van der Waals surface area contributed by atoms with E-state index in [1.54, 1.807) is 18.2 Å². The molecule has 0 aliphatic heterocycles. The molecule has 0 saturated heterocycles. The van der Waals surface area contributed by atoms with Gasteiger partial charge in [-0.15, -0.1) is 0 Å². The molecule has 0 spiro atoms. The number of benzene rings is 3. The minimum absolute atomic E-state index is 0.107. The number of anilines is 1. The van der Waals surface area contributed by atoms with E-state index in [9.17, 15) is 18.0 Å². The van der Waals surface area contributed by atoms with Crippen molar-refractivity contribution in [2.75, 3.05) is 17.1 Å². The SMILES string of the molecule is CC(C)NC(=O)C(Cc1ccccc1)N(Cc1c(Cl)cccc1Cl)C(=O)CN(c1cc(Cl)cc(Cl)c1)S(C)(=O)=O. The molecule has 3 aromatic carbocycles. The second-order valence-corrected chi connectivity index (χ2v) is 13.1. The average molecular weight is 645 g/mol. The number of nitrogens with one attached hydrogen (secondary N) is 1. The molecular formula is C28H29Cl4N3O4S. The first-order valence-corrected chi connectivity index (χ1v) is 15.6. The maximum absolute atomic E-state index is 14.1. The van der Waals surface area contributed by atoms with Crippen LogP contribution in [0.5, 0.6) is 0 Å². The number of sulfonamides is 1. The van der Waals surface area contributed by atoms with Crippen molar-refractivity contribution in [1.29, 1.82) is 0 Å². The Kier molecular flexibility index (Phi) is 11.1. The highest BCUT2D eigenvalue weighted by atomic mass is 35.5. The maximum atomic E-state index is 14.1. The van der Waals surface area contributed by atoms with Gasteiger partial charge in [-0.1, -0.05) is 82.8 Å². The van der Waals surface area contributed by atoms with Crippen LogP contribution in [0.1, 0.15) is 25.0 Å². The number of rotatable bonds is 11. The molecule has 0 aliphatic carbocycles. The number of nitrogens with zero attached hydrogens (tertiary/aromatic N) is 2. The molecule has 3 rings (SSSR count). The summed E-state index contributed by atoms with van der Waals surface area (Å²) in [7, 11) is -3.98. The van der Waals surface area contributed by atoms with E-state index in [4.69, 9.17) is 46.4 Å². The summed E-state index contributed by atoms with van der Waals surface area (Å²) < 4.78 is 26.6. The fraction of sp³-hybridized carbons (Fsp3) is 0.286. The zero-order valence-corrected chi connectivity index (χ0v) is 25.9. The predicted octanol–water partition coefficient (Wildman–Crippen LogP) is 6.23. The van der Waals surface area contributed by atoms with Gasteiger partial charge in [0, 0.05) is 44.7 Å². The van der Waals surface area contributed by atoms with Crippen molar-refractivity contribution in [2.24, 2.45) is 0 Å². The van der Waals surface area contributed by atoms with Gasteiger partial charge in [0.15, 0.2) is 0 Å². The number of halogens is 4. The molecule has 0 aromatic heterocycles. The first kappa shape index (κ1) is 32.0. The molecule has 1 unspecified atom stereocenters. The van der Waals surface area contributed by atoms with Crippen molar-refractivity contribution < 1.29 is 18.0 Å². The van der Waals surface area contributed by atoms with Gasteiger partial charge >= 0.3 is 0 Å². The Balaban J connectivity index is 2.12. The van der Waals surface area contributed by atoms with Crippen LogP contribution in [0.25, 0.3) is 0 Å². The summed E-state index contributed by atoms with van der Waals surface area (Å²) >= 11 is 25.2. The van der Waals surface area contributed by atoms with Crippen LogP contribution in [0.15, 0.2) is 66.7 Å². The van der Waals surface area contributed by atoms with E-state index < -0.39 is 34.4 Å². The van der Waals surface area contributed by atoms with E-state index in [0.717, 1.165) is 16.1 Å². The highest BCUT2D eigenvalue weighted by Gasteiger charge is 2.34. The van der Waals surface area contributed by atoms with Crippen molar-refractivity contribution in [3.05, 3.63) is 97.9 Å². The first-order chi connectivity index (χ1) is 18.8. The second-order valence-electron chi connectivity index (χ2n) is 9.49. The highest BCUT2D eigenvalue weighted by Crippen LogP contribution is 2.29. The molecule has 3 aromatic rings. The molecule has 1 atom stereocenters. The van der Waals surface area contributed by atoms with Gasteiger partial charge in [-0.3, -0.25) is 13.9 Å². The summed E-state index contributed by atoms with van der Waals surface area (Å²) in [5.41, 5.74) is 1.33. The summed E-state index contributed by atoms with van der Waals surface area (Å²) in [5.74, 6) is -1.07. The molecule has 40 heavy (non-hydrogen) atoms. The lowest BCUT2D eigenvalue weighted by molar-refractivity contribution is -0.140. The third kappa shape index (κ3) is 8.75. The Hall–Kier alpha value is -2.49. The van der Waals surface area contributed by atoms with Gasteiger partial charge in [-0.05, 0) is 49.7 Å². The fourth-order valence-corrected chi connectivity index (χ4v) is 5.95. The standard InChI is InChI=1S/C28H29Cl4N3O4S/c1-18(2)33-28(37)26(12-19-8-5-4-6-9-19)34(16-23-24(31)10-7-11-25(23)32)27(36)17-35(40(3,38)39)22-14-20(29)13-21(30)15-22/h4-11,13-15,18,26H,12,16-17H2,1-3H3,(H,33,37). The maximum Gasteiger partial charge on any atom is 0.244 e. The Morgan fingerprint density at radius 1 is 0.875 bits per heavy atom. The van der Waals surface area contributed by atoms with Crippen molar-refractivity contribution in [2.45, 2.75) is 38.9 Å². The smallest absolute Gasteiger partial charge is 0.244 e. The zero-order chi connectivity index (χ0) is 29.6. The fourth-order valence-electron chi connectivity index (χ4n) is 4.09. The average Bonchev–Trinajstić information content (AvgIpc) is 2.85. The summed E-state index contributed by atoms with van der Waals surface area (Å²) in [6.45, 7) is 2.85. The van der Waals surface area contributed by atoms with Crippen molar-refractivity contribution in [1.82, 2.24) is 10.2 Å². The minimum atomic E-state index is -3.98. The molecule has 0 radical (unpaired) electrons. The van der Waals surface area contributed by atoms with Crippen molar-refractivity contribution in [3.8, 4) is 0 Å². The van der Waals surface area contributed by atoms with Crippen LogP contribution < -0.4 is 9.62 Å². The normalized spacial score (nSPS) is 12.2. The zero-order valence-electron chi connectivity index (χ0n) is 22.1. The molecule has 0 fully saturated rings. The number of carbonyl (C=O) groups is 2. The van der Waals surface area contributed by atoms with Crippen LogP contribution in [-0.4, -0.2) is 50.0 Å². The van der Waals surface area contributed by atoms with Gasteiger partial charge < -0.3 is 10.2 Å². The number of hydrogen-bond acceptors (Lipinski definition) is 4. The van der Waals surface area contributed by atoms with Crippen LogP contribution >= 0.6 is 46.4 Å². The van der Waals surface area contributed by atoms with Gasteiger partial charge in [0.1, 0.15) is 12.6 Å². The Bertz CT molecular complexity index is 1430. The summed E-state index contributed by atoms with van der Waals surface area (Å²) in [4.78, 5) is 29.0. The van der Waals surface area contributed by atoms with E-state index in [1.807, 2.05) is 44.2 Å². The Labute approximate surface area is 255 Å². The lowest BCUT2D eigenvalue weighted by Gasteiger charge is -2.34. The van der Waals surface area contributed by atoms with Crippen LogP contribution in [0.3, 0.4) is 0 Å². The first-order valence-electron chi connectivity index (χ1n) is 12.3. The van der Waals surface area contributed by atoms with Crippen LogP contribution in [0, 0.1) is 0 Å². The molecule has 0 aliphatic rings. The van der Waals surface area contributed by atoms with Gasteiger partial charge in [-0.2, -0.15) is 0 Å². The van der Waals surface area contributed by atoms with Crippen LogP contribution in [0.4, 0.5) is 5.69 Å². The van der Waals surface area contributed by atoms with Gasteiger partial charge in [0.2, 0.25) is 21.8 Å². The van der Waals surface area contributed by atoms with Crippen molar-refractivity contribution in [3.63, 3.8) is 0 Å². The third-order valence-electron chi connectivity index (χ3n) is 5.91.